The molecule has 4 nitrogen and oxygen atoms in total. The van der Waals surface area contributed by atoms with Crippen LogP contribution in [0.5, 0.6) is 0 Å². The Morgan fingerprint density at radius 3 is 2.48 bits per heavy atom. The summed E-state index contributed by atoms with van der Waals surface area (Å²) in [5.41, 5.74) is -1.89. The van der Waals surface area contributed by atoms with Crippen LogP contribution < -0.4 is 5.32 Å². The van der Waals surface area contributed by atoms with Crippen LogP contribution in [0.4, 0.5) is 32.0 Å². The molecule has 1 heterocycles. The first-order valence-corrected chi connectivity index (χ1v) is 9.58. The highest BCUT2D eigenvalue weighted by Crippen LogP contribution is 2.37. The number of alkyl halides is 6. The van der Waals surface area contributed by atoms with Crippen molar-refractivity contribution in [2.75, 3.05) is 11.1 Å². The number of hydrogen-bond donors (Lipinski definition) is 1. The van der Waals surface area contributed by atoms with Gasteiger partial charge in [-0.1, -0.05) is 23.4 Å². The maximum atomic E-state index is 13.2. The van der Waals surface area contributed by atoms with E-state index in [2.05, 4.69) is 15.3 Å². The van der Waals surface area contributed by atoms with Gasteiger partial charge in [-0.05, 0) is 37.5 Å². The van der Waals surface area contributed by atoms with Crippen molar-refractivity contribution >= 4 is 35.0 Å². The zero-order valence-electron chi connectivity index (χ0n) is 14.4. The van der Waals surface area contributed by atoms with Crippen LogP contribution in [0.25, 0.3) is 0 Å². The van der Waals surface area contributed by atoms with E-state index in [9.17, 15) is 31.1 Å². The third kappa shape index (κ3) is 5.13. The maximum Gasteiger partial charge on any atom is 0.433 e. The Labute approximate surface area is 170 Å². The lowest BCUT2D eigenvalue weighted by molar-refractivity contribution is -0.142. The number of benzene rings is 1. The van der Waals surface area contributed by atoms with E-state index >= 15 is 0 Å². The fourth-order valence-electron chi connectivity index (χ4n) is 2.82. The number of aromatic nitrogens is 2. The number of fused-ring (bicyclic) bond motifs is 1. The van der Waals surface area contributed by atoms with Crippen LogP contribution in [0.2, 0.25) is 5.02 Å². The first-order valence-electron chi connectivity index (χ1n) is 8.21. The summed E-state index contributed by atoms with van der Waals surface area (Å²) in [6.45, 7) is 0. The van der Waals surface area contributed by atoms with Gasteiger partial charge in [-0.3, -0.25) is 4.79 Å². The average molecular weight is 456 g/mol. The molecule has 2 aromatic rings. The lowest BCUT2D eigenvalue weighted by Crippen LogP contribution is -2.17. The van der Waals surface area contributed by atoms with Gasteiger partial charge in [-0.2, -0.15) is 26.3 Å². The molecule has 156 valence electrons. The summed E-state index contributed by atoms with van der Waals surface area (Å²) in [5, 5.41) is 1.89. The highest BCUT2D eigenvalue weighted by molar-refractivity contribution is 7.99. The quantitative estimate of drug-likeness (QED) is 0.382. The zero-order valence-corrected chi connectivity index (χ0v) is 16.0. The number of aryl methyl sites for hydroxylation is 1. The number of rotatable bonds is 4. The van der Waals surface area contributed by atoms with Crippen LogP contribution in [0.15, 0.2) is 23.4 Å². The van der Waals surface area contributed by atoms with E-state index in [1.54, 1.807) is 0 Å². The van der Waals surface area contributed by atoms with Crippen molar-refractivity contribution < 1.29 is 31.1 Å². The van der Waals surface area contributed by atoms with E-state index in [1.807, 2.05) is 0 Å². The number of carbonyl (C=O) groups is 1. The van der Waals surface area contributed by atoms with Gasteiger partial charge >= 0.3 is 12.4 Å². The maximum absolute atomic E-state index is 13.2. The standard InChI is InChI=1S/C17H12ClF6N3OS/c18-10-5-4-8(16(19,20)21)6-12(10)25-13(28)7-29-15-26-11-3-1-2-9(11)14(27-15)17(22,23)24/h4-6H,1-3,7H2,(H,25,28). The van der Waals surface area contributed by atoms with Gasteiger partial charge in [0.1, 0.15) is 0 Å². The summed E-state index contributed by atoms with van der Waals surface area (Å²) in [7, 11) is 0. The topological polar surface area (TPSA) is 54.9 Å². The van der Waals surface area contributed by atoms with Crippen LogP contribution in [0.3, 0.4) is 0 Å². The highest BCUT2D eigenvalue weighted by atomic mass is 35.5. The summed E-state index contributed by atoms with van der Waals surface area (Å²) in [6.07, 6.45) is -8.09. The number of hydrogen-bond acceptors (Lipinski definition) is 4. The monoisotopic (exact) mass is 455 g/mol. The van der Waals surface area contributed by atoms with Crippen LogP contribution in [-0.2, 0) is 30.0 Å². The summed E-state index contributed by atoms with van der Waals surface area (Å²) < 4.78 is 78.0. The molecule has 0 fully saturated rings. The molecule has 0 atom stereocenters. The van der Waals surface area contributed by atoms with E-state index in [1.165, 1.54) is 0 Å². The van der Waals surface area contributed by atoms with E-state index in [0.717, 1.165) is 12.1 Å². The number of nitrogens with zero attached hydrogens (tertiary/aromatic N) is 2. The minimum atomic E-state index is -4.64. The molecule has 1 aliphatic carbocycles. The molecule has 1 aromatic heterocycles. The van der Waals surface area contributed by atoms with Gasteiger partial charge in [0.2, 0.25) is 5.91 Å². The second-order valence-electron chi connectivity index (χ2n) is 6.16. The van der Waals surface area contributed by atoms with Crippen molar-refractivity contribution in [1.82, 2.24) is 9.97 Å². The van der Waals surface area contributed by atoms with Gasteiger partial charge in [0.15, 0.2) is 10.9 Å². The minimum Gasteiger partial charge on any atom is -0.324 e. The van der Waals surface area contributed by atoms with Crippen molar-refractivity contribution in [3.63, 3.8) is 0 Å². The highest BCUT2D eigenvalue weighted by Gasteiger charge is 2.38. The van der Waals surface area contributed by atoms with Crippen LogP contribution in [-0.4, -0.2) is 21.6 Å². The van der Waals surface area contributed by atoms with E-state index in [4.69, 9.17) is 11.6 Å². The van der Waals surface area contributed by atoms with Gasteiger partial charge in [-0.15, -0.1) is 0 Å². The smallest absolute Gasteiger partial charge is 0.324 e. The molecule has 3 rings (SSSR count). The molecule has 1 aromatic carbocycles. The number of halogens is 7. The fraction of sp³-hybridized carbons (Fsp3) is 0.353. The van der Waals surface area contributed by atoms with Crippen LogP contribution in [0.1, 0.15) is 28.9 Å². The molecule has 12 heteroatoms. The lowest BCUT2D eigenvalue weighted by atomic mass is 10.2. The predicted octanol–water partition coefficient (Wildman–Crippen LogP) is 5.39. The average Bonchev–Trinajstić information content (AvgIpc) is 3.07. The molecule has 0 saturated heterocycles. The molecule has 0 saturated carbocycles. The van der Waals surface area contributed by atoms with Crippen LogP contribution in [0, 0.1) is 0 Å². The van der Waals surface area contributed by atoms with E-state index in [0.29, 0.717) is 36.4 Å². The third-order valence-corrected chi connectivity index (χ3v) is 5.26. The molecule has 0 radical (unpaired) electrons. The molecule has 0 aliphatic heterocycles. The molecule has 1 N–H and O–H groups in total. The SMILES string of the molecule is O=C(CSc1nc2c(c(C(F)(F)F)n1)CCC2)Nc1cc(C(F)(F)F)ccc1Cl. The fourth-order valence-corrected chi connectivity index (χ4v) is 3.65. The zero-order chi connectivity index (χ0) is 21.4. The number of anilines is 1. The molecule has 0 bridgehead atoms. The summed E-state index contributed by atoms with van der Waals surface area (Å²) >= 11 is 6.46. The summed E-state index contributed by atoms with van der Waals surface area (Å²) in [5.74, 6) is -1.16. The van der Waals surface area contributed by atoms with Gasteiger partial charge in [0, 0.05) is 11.3 Å². The van der Waals surface area contributed by atoms with Gasteiger partial charge in [0.25, 0.3) is 0 Å². The Bertz CT molecular complexity index is 948. The van der Waals surface area contributed by atoms with Crippen molar-refractivity contribution in [2.45, 2.75) is 36.8 Å². The molecular weight excluding hydrogens is 444 g/mol. The summed E-state index contributed by atoms with van der Waals surface area (Å²) in [6, 6.07) is 2.44. The Hall–Kier alpha value is -2.01. The Kier molecular flexibility index (Phi) is 6.00. The number of thioether (sulfide) groups is 1. The molecule has 29 heavy (non-hydrogen) atoms. The first kappa shape index (κ1) is 21.7. The second kappa shape index (κ2) is 8.02. The normalized spacial score (nSPS) is 14.0. The summed E-state index contributed by atoms with van der Waals surface area (Å²) in [4.78, 5) is 19.7. The lowest BCUT2D eigenvalue weighted by Gasteiger charge is -2.13. The Balaban J connectivity index is 1.72. The van der Waals surface area contributed by atoms with Crippen molar-refractivity contribution in [1.29, 1.82) is 0 Å². The van der Waals surface area contributed by atoms with E-state index in [-0.39, 0.29) is 27.9 Å². The Morgan fingerprint density at radius 2 is 1.83 bits per heavy atom. The largest absolute Gasteiger partial charge is 0.433 e. The number of nitrogens with one attached hydrogen (secondary N) is 1. The molecule has 0 spiro atoms. The van der Waals surface area contributed by atoms with Gasteiger partial charge < -0.3 is 5.32 Å². The Morgan fingerprint density at radius 1 is 1.10 bits per heavy atom. The molecule has 0 unspecified atom stereocenters. The van der Waals surface area contributed by atoms with Gasteiger partial charge in [0.05, 0.1) is 22.0 Å². The van der Waals surface area contributed by atoms with Crippen molar-refractivity contribution in [3.8, 4) is 0 Å². The van der Waals surface area contributed by atoms with E-state index < -0.39 is 35.3 Å². The predicted molar refractivity (Wildman–Crippen MR) is 94.9 cm³/mol. The molecular formula is C17H12ClF6N3OS. The van der Waals surface area contributed by atoms with Crippen molar-refractivity contribution in [3.05, 3.63) is 45.7 Å². The number of amides is 1. The molecule has 1 aliphatic rings. The van der Waals surface area contributed by atoms with Crippen LogP contribution >= 0.6 is 23.4 Å². The second-order valence-corrected chi connectivity index (χ2v) is 7.51. The first-order chi connectivity index (χ1) is 13.4. The molecule has 1 amide bonds. The third-order valence-electron chi connectivity index (χ3n) is 4.08. The minimum absolute atomic E-state index is 0.0713. The van der Waals surface area contributed by atoms with Gasteiger partial charge in [-0.25, -0.2) is 9.97 Å². The number of carbonyl (C=O) groups excluding carboxylic acids is 1. The van der Waals surface area contributed by atoms with Crippen molar-refractivity contribution in [2.24, 2.45) is 0 Å².